The van der Waals surface area contributed by atoms with Crippen molar-refractivity contribution in [2.75, 3.05) is 45.1 Å². The highest BCUT2D eigenvalue weighted by Crippen LogP contribution is 2.21. The molecule has 0 radical (unpaired) electrons. The van der Waals surface area contributed by atoms with E-state index in [1.165, 1.54) is 32.4 Å². The number of carbonyl (C=O) groups is 2. The summed E-state index contributed by atoms with van der Waals surface area (Å²) >= 11 is 0. The van der Waals surface area contributed by atoms with Gasteiger partial charge in [-0.1, -0.05) is 6.42 Å². The summed E-state index contributed by atoms with van der Waals surface area (Å²) in [6, 6.07) is 6.93. The Morgan fingerprint density at radius 2 is 1.80 bits per heavy atom. The first-order chi connectivity index (χ1) is 12.2. The summed E-state index contributed by atoms with van der Waals surface area (Å²) < 4.78 is 0. The molecule has 0 unspecified atom stereocenters. The van der Waals surface area contributed by atoms with E-state index in [4.69, 9.17) is 0 Å². The van der Waals surface area contributed by atoms with Crippen LogP contribution in [0.3, 0.4) is 0 Å². The van der Waals surface area contributed by atoms with Crippen molar-refractivity contribution in [3.63, 3.8) is 0 Å². The molecule has 3 amide bonds. The fourth-order valence-electron chi connectivity index (χ4n) is 3.73. The number of amides is 3. The van der Waals surface area contributed by atoms with E-state index in [-0.39, 0.29) is 11.9 Å². The summed E-state index contributed by atoms with van der Waals surface area (Å²) in [5.41, 5.74) is 1.31. The van der Waals surface area contributed by atoms with Gasteiger partial charge in [0, 0.05) is 37.9 Å². The summed E-state index contributed by atoms with van der Waals surface area (Å²) in [5.74, 6) is 0.456. The van der Waals surface area contributed by atoms with Crippen molar-refractivity contribution < 1.29 is 9.59 Å². The van der Waals surface area contributed by atoms with Crippen LogP contribution in [-0.2, 0) is 0 Å². The van der Waals surface area contributed by atoms with Gasteiger partial charge in [0.2, 0.25) is 0 Å². The lowest BCUT2D eigenvalue weighted by Crippen LogP contribution is -2.37. The Balaban J connectivity index is 1.47. The van der Waals surface area contributed by atoms with Gasteiger partial charge in [0.15, 0.2) is 0 Å². The summed E-state index contributed by atoms with van der Waals surface area (Å²) in [7, 11) is 1.60. The second-order valence-corrected chi connectivity index (χ2v) is 7.05. The normalized spacial score (nSPS) is 21.2. The SMILES string of the molecule is CNC(=O)c1ccc(NC(=O)N2CC[C@@H](CN3CCCCC3)C2)cc1. The van der Waals surface area contributed by atoms with Gasteiger partial charge in [0.25, 0.3) is 5.91 Å². The average molecular weight is 344 g/mol. The van der Waals surface area contributed by atoms with Gasteiger partial charge in [-0.2, -0.15) is 0 Å². The van der Waals surface area contributed by atoms with Gasteiger partial charge < -0.3 is 20.4 Å². The Morgan fingerprint density at radius 3 is 2.48 bits per heavy atom. The lowest BCUT2D eigenvalue weighted by Gasteiger charge is -2.29. The third-order valence-corrected chi connectivity index (χ3v) is 5.16. The van der Waals surface area contributed by atoms with E-state index in [1.54, 1.807) is 31.3 Å². The molecule has 3 rings (SSSR count). The maximum atomic E-state index is 12.4. The fraction of sp³-hybridized carbons (Fsp3) is 0.579. The van der Waals surface area contributed by atoms with Crippen LogP contribution in [0.5, 0.6) is 0 Å². The number of hydrogen-bond acceptors (Lipinski definition) is 3. The van der Waals surface area contributed by atoms with Gasteiger partial charge in [-0.3, -0.25) is 4.79 Å². The Morgan fingerprint density at radius 1 is 1.08 bits per heavy atom. The zero-order chi connectivity index (χ0) is 17.6. The molecule has 0 spiro atoms. The molecule has 1 aromatic rings. The highest BCUT2D eigenvalue weighted by atomic mass is 16.2. The number of benzene rings is 1. The van der Waals surface area contributed by atoms with Crippen molar-refractivity contribution in [3.8, 4) is 0 Å². The molecule has 6 heteroatoms. The van der Waals surface area contributed by atoms with Crippen molar-refractivity contribution >= 4 is 17.6 Å². The molecule has 25 heavy (non-hydrogen) atoms. The Labute approximate surface area is 149 Å². The number of hydrogen-bond donors (Lipinski definition) is 2. The smallest absolute Gasteiger partial charge is 0.321 e. The first kappa shape index (κ1) is 17.7. The van der Waals surface area contributed by atoms with Crippen LogP contribution >= 0.6 is 0 Å². The number of carbonyl (C=O) groups excluding carboxylic acids is 2. The monoisotopic (exact) mass is 344 g/mol. The molecule has 0 bridgehead atoms. The van der Waals surface area contributed by atoms with Crippen molar-refractivity contribution in [2.24, 2.45) is 5.92 Å². The molecular weight excluding hydrogens is 316 g/mol. The van der Waals surface area contributed by atoms with E-state index in [1.807, 2.05) is 4.90 Å². The van der Waals surface area contributed by atoms with E-state index in [9.17, 15) is 9.59 Å². The Bertz CT molecular complexity index is 596. The molecule has 2 N–H and O–H groups in total. The zero-order valence-corrected chi connectivity index (χ0v) is 15.0. The number of nitrogens with zero attached hydrogens (tertiary/aromatic N) is 2. The standard InChI is InChI=1S/C19H28N4O2/c1-20-18(24)16-5-7-17(8-6-16)21-19(25)23-12-9-15(14-23)13-22-10-3-2-4-11-22/h5-8,15H,2-4,9-14H2,1H3,(H,20,24)(H,21,25)/t15-/m0/s1. The topological polar surface area (TPSA) is 64.7 Å². The molecule has 2 aliphatic rings. The van der Waals surface area contributed by atoms with Crippen LogP contribution in [0.1, 0.15) is 36.0 Å². The first-order valence-corrected chi connectivity index (χ1v) is 9.26. The van der Waals surface area contributed by atoms with Gasteiger partial charge in [-0.25, -0.2) is 4.79 Å². The second kappa shape index (κ2) is 8.34. The van der Waals surface area contributed by atoms with E-state index < -0.39 is 0 Å². The minimum Gasteiger partial charge on any atom is -0.355 e. The van der Waals surface area contributed by atoms with Gasteiger partial charge in [0.05, 0.1) is 0 Å². The van der Waals surface area contributed by atoms with Crippen LogP contribution in [0.2, 0.25) is 0 Å². The summed E-state index contributed by atoms with van der Waals surface area (Å²) in [6.07, 6.45) is 5.06. The third kappa shape index (κ3) is 4.72. The van der Waals surface area contributed by atoms with Crippen LogP contribution in [0.4, 0.5) is 10.5 Å². The molecule has 136 valence electrons. The minimum atomic E-state index is -0.127. The molecule has 2 fully saturated rings. The maximum absolute atomic E-state index is 12.4. The average Bonchev–Trinajstić information content (AvgIpc) is 3.11. The first-order valence-electron chi connectivity index (χ1n) is 9.26. The quantitative estimate of drug-likeness (QED) is 0.881. The minimum absolute atomic E-state index is 0.0474. The molecule has 2 heterocycles. The largest absolute Gasteiger partial charge is 0.355 e. The Kier molecular flexibility index (Phi) is 5.91. The maximum Gasteiger partial charge on any atom is 0.321 e. The van der Waals surface area contributed by atoms with Gasteiger partial charge in [-0.15, -0.1) is 0 Å². The van der Waals surface area contributed by atoms with Crippen LogP contribution < -0.4 is 10.6 Å². The lowest BCUT2D eigenvalue weighted by molar-refractivity contribution is 0.0963. The predicted molar refractivity (Wildman–Crippen MR) is 98.8 cm³/mol. The molecule has 1 aromatic carbocycles. The number of urea groups is 1. The molecule has 2 saturated heterocycles. The van der Waals surface area contributed by atoms with E-state index >= 15 is 0 Å². The fourth-order valence-corrected chi connectivity index (χ4v) is 3.73. The van der Waals surface area contributed by atoms with Crippen LogP contribution in [0.15, 0.2) is 24.3 Å². The molecule has 0 aliphatic carbocycles. The molecule has 0 aromatic heterocycles. The number of anilines is 1. The highest BCUT2D eigenvalue weighted by Gasteiger charge is 2.28. The molecular formula is C19H28N4O2. The van der Waals surface area contributed by atoms with Crippen molar-refractivity contribution in [1.82, 2.24) is 15.1 Å². The van der Waals surface area contributed by atoms with E-state index in [0.717, 1.165) is 31.7 Å². The van der Waals surface area contributed by atoms with Crippen LogP contribution in [0, 0.1) is 5.92 Å². The summed E-state index contributed by atoms with van der Waals surface area (Å²) in [5, 5.41) is 5.52. The van der Waals surface area contributed by atoms with E-state index in [2.05, 4.69) is 15.5 Å². The zero-order valence-electron chi connectivity index (χ0n) is 15.0. The molecule has 1 atom stereocenters. The van der Waals surface area contributed by atoms with Crippen molar-refractivity contribution in [3.05, 3.63) is 29.8 Å². The third-order valence-electron chi connectivity index (χ3n) is 5.16. The number of rotatable bonds is 4. The number of likely N-dealkylation sites (tertiary alicyclic amines) is 2. The molecule has 6 nitrogen and oxygen atoms in total. The lowest BCUT2D eigenvalue weighted by atomic mass is 10.1. The summed E-state index contributed by atoms with van der Waals surface area (Å²) in [4.78, 5) is 28.4. The number of piperidine rings is 1. The van der Waals surface area contributed by atoms with Gasteiger partial charge in [0.1, 0.15) is 0 Å². The summed E-state index contributed by atoms with van der Waals surface area (Å²) in [6.45, 7) is 5.19. The van der Waals surface area contributed by atoms with Crippen molar-refractivity contribution in [2.45, 2.75) is 25.7 Å². The molecule has 0 saturated carbocycles. The van der Waals surface area contributed by atoms with Gasteiger partial charge >= 0.3 is 6.03 Å². The van der Waals surface area contributed by atoms with Crippen LogP contribution in [-0.4, -0.2) is 61.5 Å². The van der Waals surface area contributed by atoms with Crippen molar-refractivity contribution in [1.29, 1.82) is 0 Å². The second-order valence-electron chi connectivity index (χ2n) is 7.05. The molecule has 2 aliphatic heterocycles. The highest BCUT2D eigenvalue weighted by molar-refractivity contribution is 5.95. The number of nitrogens with one attached hydrogen (secondary N) is 2. The predicted octanol–water partition coefficient (Wildman–Crippen LogP) is 2.39. The van der Waals surface area contributed by atoms with Crippen LogP contribution in [0.25, 0.3) is 0 Å². The Hall–Kier alpha value is -2.08. The van der Waals surface area contributed by atoms with Gasteiger partial charge in [-0.05, 0) is 62.5 Å². The van der Waals surface area contributed by atoms with E-state index in [0.29, 0.717) is 11.5 Å².